The van der Waals surface area contributed by atoms with Gasteiger partial charge in [0.15, 0.2) is 5.43 Å². The van der Waals surface area contributed by atoms with Crippen LogP contribution in [0.5, 0.6) is 0 Å². The van der Waals surface area contributed by atoms with Crippen molar-refractivity contribution in [2.24, 2.45) is 0 Å². The molecule has 0 unspecified atom stereocenters. The molecule has 3 nitrogen and oxygen atoms in total. The van der Waals surface area contributed by atoms with Crippen LogP contribution < -0.4 is 5.43 Å². The summed E-state index contributed by atoms with van der Waals surface area (Å²) < 4.78 is 6.62. The Morgan fingerprint density at radius 1 is 1.17 bits per heavy atom. The van der Waals surface area contributed by atoms with Gasteiger partial charge in [-0.1, -0.05) is 15.9 Å². The van der Waals surface area contributed by atoms with Gasteiger partial charge >= 0.3 is 0 Å². The standard InChI is InChI=1S/C14H8BrNO2/c15-10-3-4-11-12(17)7-13(18-14(11)6-10)9-2-1-5-16-8-9/h1-8H. The van der Waals surface area contributed by atoms with Crippen LogP contribution in [0.4, 0.5) is 0 Å². The van der Waals surface area contributed by atoms with Gasteiger partial charge in [-0.05, 0) is 30.3 Å². The van der Waals surface area contributed by atoms with Crippen molar-refractivity contribution in [2.75, 3.05) is 0 Å². The number of hydrogen-bond donors (Lipinski definition) is 0. The Bertz CT molecular complexity index is 766. The van der Waals surface area contributed by atoms with E-state index in [2.05, 4.69) is 20.9 Å². The summed E-state index contributed by atoms with van der Waals surface area (Å²) in [5, 5.41) is 0.575. The summed E-state index contributed by atoms with van der Waals surface area (Å²) >= 11 is 3.36. The van der Waals surface area contributed by atoms with Gasteiger partial charge in [0.05, 0.1) is 5.39 Å². The highest BCUT2D eigenvalue weighted by Gasteiger charge is 2.07. The number of aromatic nitrogens is 1. The molecule has 18 heavy (non-hydrogen) atoms. The predicted octanol–water partition coefficient (Wildman–Crippen LogP) is 3.62. The first kappa shape index (κ1) is 11.2. The van der Waals surface area contributed by atoms with Gasteiger partial charge in [-0.15, -0.1) is 0 Å². The summed E-state index contributed by atoms with van der Waals surface area (Å²) in [5.41, 5.74) is 1.30. The summed E-state index contributed by atoms with van der Waals surface area (Å²) in [7, 11) is 0. The van der Waals surface area contributed by atoms with Crippen LogP contribution in [-0.4, -0.2) is 4.98 Å². The second-order valence-electron chi connectivity index (χ2n) is 3.86. The molecule has 4 heteroatoms. The molecule has 88 valence electrons. The van der Waals surface area contributed by atoms with E-state index in [1.54, 1.807) is 30.6 Å². The van der Waals surface area contributed by atoms with Crippen LogP contribution in [0.3, 0.4) is 0 Å². The molecule has 0 atom stereocenters. The number of rotatable bonds is 1. The van der Waals surface area contributed by atoms with Crippen molar-refractivity contribution in [3.8, 4) is 11.3 Å². The van der Waals surface area contributed by atoms with E-state index in [1.807, 2.05) is 12.1 Å². The van der Waals surface area contributed by atoms with Gasteiger partial charge in [-0.2, -0.15) is 0 Å². The summed E-state index contributed by atoms with van der Waals surface area (Å²) in [4.78, 5) is 16.0. The zero-order chi connectivity index (χ0) is 12.5. The number of hydrogen-bond acceptors (Lipinski definition) is 3. The van der Waals surface area contributed by atoms with E-state index >= 15 is 0 Å². The van der Waals surface area contributed by atoms with Gasteiger partial charge in [-0.3, -0.25) is 9.78 Å². The molecule has 2 aromatic heterocycles. The molecule has 0 aliphatic rings. The van der Waals surface area contributed by atoms with Gasteiger partial charge < -0.3 is 4.42 Å². The Kier molecular flexibility index (Phi) is 2.72. The van der Waals surface area contributed by atoms with Crippen LogP contribution in [0.25, 0.3) is 22.3 Å². The minimum absolute atomic E-state index is 0.0531. The summed E-state index contributed by atoms with van der Waals surface area (Å²) in [6.45, 7) is 0. The molecule has 0 bridgehead atoms. The fraction of sp³-hybridized carbons (Fsp3) is 0. The van der Waals surface area contributed by atoms with Crippen molar-refractivity contribution in [1.82, 2.24) is 4.98 Å². The minimum Gasteiger partial charge on any atom is -0.456 e. The molecule has 0 saturated carbocycles. The first-order chi connectivity index (χ1) is 8.74. The van der Waals surface area contributed by atoms with E-state index in [9.17, 15) is 4.79 Å². The van der Waals surface area contributed by atoms with Crippen LogP contribution in [-0.2, 0) is 0 Å². The molecule has 1 aromatic carbocycles. The monoisotopic (exact) mass is 301 g/mol. The van der Waals surface area contributed by atoms with Crippen LogP contribution >= 0.6 is 15.9 Å². The fourth-order valence-corrected chi connectivity index (χ4v) is 2.12. The molecule has 3 rings (SSSR count). The second-order valence-corrected chi connectivity index (χ2v) is 4.77. The van der Waals surface area contributed by atoms with Gasteiger partial charge in [0.25, 0.3) is 0 Å². The Hall–Kier alpha value is -1.94. The second kappa shape index (κ2) is 4.38. The third-order valence-corrected chi connectivity index (χ3v) is 3.13. The molecule has 0 aliphatic heterocycles. The van der Waals surface area contributed by atoms with Crippen molar-refractivity contribution >= 4 is 26.9 Å². The normalized spacial score (nSPS) is 10.7. The summed E-state index contributed by atoms with van der Waals surface area (Å²) in [5.74, 6) is 0.527. The van der Waals surface area contributed by atoms with E-state index in [-0.39, 0.29) is 5.43 Å². The number of benzene rings is 1. The highest BCUT2D eigenvalue weighted by molar-refractivity contribution is 9.10. The van der Waals surface area contributed by atoms with Crippen molar-refractivity contribution in [3.63, 3.8) is 0 Å². The molecule has 0 fully saturated rings. The van der Waals surface area contributed by atoms with E-state index in [0.717, 1.165) is 10.0 Å². The average molecular weight is 302 g/mol. The predicted molar refractivity (Wildman–Crippen MR) is 73.4 cm³/mol. The smallest absolute Gasteiger partial charge is 0.193 e. The van der Waals surface area contributed by atoms with Crippen molar-refractivity contribution in [1.29, 1.82) is 0 Å². The fourth-order valence-electron chi connectivity index (χ4n) is 1.78. The first-order valence-electron chi connectivity index (χ1n) is 5.38. The molecular formula is C14H8BrNO2. The lowest BCUT2D eigenvalue weighted by Crippen LogP contribution is -2.00. The van der Waals surface area contributed by atoms with Crippen LogP contribution in [0, 0.1) is 0 Å². The molecule has 0 N–H and O–H groups in total. The highest BCUT2D eigenvalue weighted by Crippen LogP contribution is 2.23. The first-order valence-corrected chi connectivity index (χ1v) is 6.17. The molecule has 3 aromatic rings. The third kappa shape index (κ3) is 1.95. The Balaban J connectivity index is 2.30. The molecular weight excluding hydrogens is 294 g/mol. The summed E-state index contributed by atoms with van der Waals surface area (Å²) in [6, 6.07) is 10.5. The molecule has 0 aliphatic carbocycles. The Labute approximate surface area is 111 Å². The SMILES string of the molecule is O=c1cc(-c2cccnc2)oc2cc(Br)ccc12. The van der Waals surface area contributed by atoms with E-state index in [0.29, 0.717) is 16.7 Å². The molecule has 2 heterocycles. The topological polar surface area (TPSA) is 43.1 Å². The highest BCUT2D eigenvalue weighted by atomic mass is 79.9. The lowest BCUT2D eigenvalue weighted by atomic mass is 10.1. The van der Waals surface area contributed by atoms with Gasteiger partial charge in [0.2, 0.25) is 0 Å². The molecule has 0 amide bonds. The third-order valence-electron chi connectivity index (χ3n) is 2.64. The van der Waals surface area contributed by atoms with Crippen molar-refractivity contribution in [2.45, 2.75) is 0 Å². The number of pyridine rings is 1. The average Bonchev–Trinajstić information content (AvgIpc) is 2.39. The van der Waals surface area contributed by atoms with Crippen molar-refractivity contribution < 1.29 is 4.42 Å². The molecule has 0 spiro atoms. The Morgan fingerprint density at radius 3 is 2.83 bits per heavy atom. The summed E-state index contributed by atoms with van der Waals surface area (Å²) in [6.07, 6.45) is 3.35. The zero-order valence-corrected chi connectivity index (χ0v) is 10.8. The lowest BCUT2D eigenvalue weighted by molar-refractivity contribution is 0.618. The number of halogens is 1. The number of fused-ring (bicyclic) bond motifs is 1. The molecule has 0 radical (unpaired) electrons. The lowest BCUT2D eigenvalue weighted by Gasteiger charge is -2.02. The van der Waals surface area contributed by atoms with E-state index < -0.39 is 0 Å². The van der Waals surface area contributed by atoms with Crippen molar-refractivity contribution in [3.05, 3.63) is 63.5 Å². The van der Waals surface area contributed by atoms with E-state index in [1.165, 1.54) is 6.07 Å². The number of nitrogens with zero attached hydrogens (tertiary/aromatic N) is 1. The van der Waals surface area contributed by atoms with E-state index in [4.69, 9.17) is 4.42 Å². The van der Waals surface area contributed by atoms with Crippen LogP contribution in [0.2, 0.25) is 0 Å². The van der Waals surface area contributed by atoms with Crippen LogP contribution in [0.1, 0.15) is 0 Å². The maximum atomic E-state index is 12.0. The largest absolute Gasteiger partial charge is 0.456 e. The maximum Gasteiger partial charge on any atom is 0.193 e. The van der Waals surface area contributed by atoms with Crippen LogP contribution in [0.15, 0.2) is 62.5 Å². The van der Waals surface area contributed by atoms with Gasteiger partial charge in [0, 0.05) is 28.5 Å². The minimum atomic E-state index is -0.0531. The molecule has 0 saturated heterocycles. The van der Waals surface area contributed by atoms with Gasteiger partial charge in [0.1, 0.15) is 11.3 Å². The Morgan fingerprint density at radius 2 is 2.06 bits per heavy atom. The quantitative estimate of drug-likeness (QED) is 0.689. The van der Waals surface area contributed by atoms with Gasteiger partial charge in [-0.25, -0.2) is 0 Å². The zero-order valence-electron chi connectivity index (χ0n) is 9.26. The maximum absolute atomic E-state index is 12.0.